The van der Waals surface area contributed by atoms with Crippen molar-refractivity contribution in [1.82, 2.24) is 5.43 Å². The minimum atomic E-state index is -0.244. The Morgan fingerprint density at radius 3 is 2.30 bits per heavy atom. The van der Waals surface area contributed by atoms with Gasteiger partial charge >= 0.3 is 0 Å². The van der Waals surface area contributed by atoms with E-state index in [9.17, 15) is 4.79 Å². The first-order valence-corrected chi connectivity index (χ1v) is 6.48. The largest absolute Gasteiger partial charge is 0.399 e. The monoisotopic (exact) mass is 267 g/mol. The molecule has 0 heterocycles. The summed E-state index contributed by atoms with van der Waals surface area (Å²) in [5, 5.41) is 4.20. The molecule has 1 amide bonds. The number of carbonyl (C=O) groups excluding carboxylic acids is 1. The van der Waals surface area contributed by atoms with Crippen molar-refractivity contribution in [2.24, 2.45) is 5.10 Å². The van der Waals surface area contributed by atoms with Gasteiger partial charge in [0.05, 0.1) is 5.71 Å². The van der Waals surface area contributed by atoms with E-state index < -0.39 is 0 Å². The van der Waals surface area contributed by atoms with E-state index in [0.29, 0.717) is 11.3 Å². The molecule has 0 atom stereocenters. The SMILES string of the molecule is CCC(=NNC(=O)c1ccc(N)cc1)c1ccccc1. The fourth-order valence-electron chi connectivity index (χ4n) is 1.80. The van der Waals surface area contributed by atoms with Gasteiger partial charge in [0.25, 0.3) is 5.91 Å². The summed E-state index contributed by atoms with van der Waals surface area (Å²) in [6, 6.07) is 16.5. The number of anilines is 1. The second-order valence-corrected chi connectivity index (χ2v) is 4.34. The maximum absolute atomic E-state index is 11.9. The molecule has 102 valence electrons. The number of nitrogens with one attached hydrogen (secondary N) is 1. The molecule has 3 N–H and O–H groups in total. The summed E-state index contributed by atoms with van der Waals surface area (Å²) in [6.07, 6.45) is 0.742. The predicted molar refractivity (Wildman–Crippen MR) is 81.6 cm³/mol. The summed E-state index contributed by atoms with van der Waals surface area (Å²) in [6.45, 7) is 2.00. The maximum atomic E-state index is 11.9. The smallest absolute Gasteiger partial charge is 0.271 e. The minimum absolute atomic E-state index is 0.244. The summed E-state index contributed by atoms with van der Waals surface area (Å²) in [7, 11) is 0. The zero-order valence-electron chi connectivity index (χ0n) is 11.3. The van der Waals surface area contributed by atoms with Crippen LogP contribution < -0.4 is 11.2 Å². The van der Waals surface area contributed by atoms with E-state index in [1.807, 2.05) is 37.3 Å². The van der Waals surface area contributed by atoms with E-state index >= 15 is 0 Å². The Kier molecular flexibility index (Phi) is 4.50. The highest BCUT2D eigenvalue weighted by Gasteiger charge is 2.05. The average molecular weight is 267 g/mol. The first-order valence-electron chi connectivity index (χ1n) is 6.48. The van der Waals surface area contributed by atoms with Gasteiger partial charge in [-0.3, -0.25) is 4.79 Å². The first-order chi connectivity index (χ1) is 9.70. The molecule has 0 fully saturated rings. The Balaban J connectivity index is 2.11. The molecule has 0 saturated carbocycles. The van der Waals surface area contributed by atoms with Crippen molar-refractivity contribution in [1.29, 1.82) is 0 Å². The molecule has 0 bridgehead atoms. The Hall–Kier alpha value is -2.62. The Morgan fingerprint density at radius 1 is 1.05 bits per heavy atom. The average Bonchev–Trinajstić information content (AvgIpc) is 2.49. The van der Waals surface area contributed by atoms with Crippen LogP contribution in [0.5, 0.6) is 0 Å². The number of benzene rings is 2. The molecule has 0 aliphatic rings. The quantitative estimate of drug-likeness (QED) is 0.508. The number of carbonyl (C=O) groups is 1. The predicted octanol–water partition coefficient (Wildman–Crippen LogP) is 2.81. The number of hydrazone groups is 1. The number of nitrogen functional groups attached to an aromatic ring is 1. The third-order valence-corrected chi connectivity index (χ3v) is 2.91. The Bertz CT molecular complexity index is 603. The van der Waals surface area contributed by atoms with Gasteiger partial charge in [-0.25, -0.2) is 5.43 Å². The molecule has 0 saturated heterocycles. The molecule has 2 aromatic carbocycles. The van der Waals surface area contributed by atoms with Gasteiger partial charge in [-0.1, -0.05) is 37.3 Å². The molecule has 2 aromatic rings. The van der Waals surface area contributed by atoms with Gasteiger partial charge in [0, 0.05) is 11.3 Å². The van der Waals surface area contributed by atoms with Crippen LogP contribution in [0.25, 0.3) is 0 Å². The number of nitrogens with zero attached hydrogens (tertiary/aromatic N) is 1. The lowest BCUT2D eigenvalue weighted by atomic mass is 10.1. The van der Waals surface area contributed by atoms with E-state index in [4.69, 9.17) is 5.73 Å². The number of rotatable bonds is 4. The number of nitrogens with two attached hydrogens (primary N) is 1. The highest BCUT2D eigenvalue weighted by molar-refractivity contribution is 6.02. The molecule has 2 rings (SSSR count). The second-order valence-electron chi connectivity index (χ2n) is 4.34. The van der Waals surface area contributed by atoms with Crippen LogP contribution in [0.1, 0.15) is 29.3 Å². The van der Waals surface area contributed by atoms with Crippen LogP contribution in [0.3, 0.4) is 0 Å². The van der Waals surface area contributed by atoms with Crippen LogP contribution in [0, 0.1) is 0 Å². The van der Waals surface area contributed by atoms with Crippen molar-refractivity contribution in [3.05, 3.63) is 65.7 Å². The van der Waals surface area contributed by atoms with E-state index in [1.165, 1.54) is 0 Å². The summed E-state index contributed by atoms with van der Waals surface area (Å²) in [5.74, 6) is -0.244. The standard InChI is InChI=1S/C16H17N3O/c1-2-15(12-6-4-3-5-7-12)18-19-16(20)13-8-10-14(17)11-9-13/h3-11H,2,17H2,1H3,(H,19,20). The highest BCUT2D eigenvalue weighted by Crippen LogP contribution is 2.06. The summed E-state index contributed by atoms with van der Waals surface area (Å²) < 4.78 is 0. The zero-order chi connectivity index (χ0) is 14.4. The molecule has 4 heteroatoms. The second kappa shape index (κ2) is 6.52. The van der Waals surface area contributed by atoms with Crippen molar-refractivity contribution in [2.45, 2.75) is 13.3 Å². The molecule has 4 nitrogen and oxygen atoms in total. The van der Waals surface area contributed by atoms with E-state index in [1.54, 1.807) is 24.3 Å². The van der Waals surface area contributed by atoms with Crippen LogP contribution in [-0.2, 0) is 0 Å². The maximum Gasteiger partial charge on any atom is 0.271 e. The third kappa shape index (κ3) is 3.45. The molecular weight excluding hydrogens is 250 g/mol. The lowest BCUT2D eigenvalue weighted by Crippen LogP contribution is -2.19. The molecule has 0 aliphatic carbocycles. The van der Waals surface area contributed by atoms with Crippen molar-refractivity contribution in [3.63, 3.8) is 0 Å². The zero-order valence-corrected chi connectivity index (χ0v) is 11.3. The Labute approximate surface area is 118 Å². The molecule has 0 aliphatic heterocycles. The van der Waals surface area contributed by atoms with Gasteiger partial charge in [0.15, 0.2) is 0 Å². The molecule has 0 unspecified atom stereocenters. The molecule has 0 radical (unpaired) electrons. The molecule has 20 heavy (non-hydrogen) atoms. The van der Waals surface area contributed by atoms with Gasteiger partial charge in [-0.2, -0.15) is 5.10 Å². The van der Waals surface area contributed by atoms with Gasteiger partial charge in [0.2, 0.25) is 0 Å². The number of hydrogen-bond acceptors (Lipinski definition) is 3. The van der Waals surface area contributed by atoms with Crippen molar-refractivity contribution >= 4 is 17.3 Å². The summed E-state index contributed by atoms with van der Waals surface area (Å²) in [5.41, 5.74) is 11.2. The van der Waals surface area contributed by atoms with Crippen molar-refractivity contribution in [3.8, 4) is 0 Å². The fourth-order valence-corrected chi connectivity index (χ4v) is 1.80. The lowest BCUT2D eigenvalue weighted by molar-refractivity contribution is 0.0955. The Morgan fingerprint density at radius 2 is 1.70 bits per heavy atom. The van der Waals surface area contributed by atoms with E-state index in [-0.39, 0.29) is 5.91 Å². The minimum Gasteiger partial charge on any atom is -0.399 e. The normalized spacial score (nSPS) is 11.2. The fraction of sp³-hybridized carbons (Fsp3) is 0.125. The van der Waals surface area contributed by atoms with Crippen LogP contribution in [-0.4, -0.2) is 11.6 Å². The van der Waals surface area contributed by atoms with E-state index in [2.05, 4.69) is 10.5 Å². The van der Waals surface area contributed by atoms with Crippen LogP contribution in [0.15, 0.2) is 59.7 Å². The highest BCUT2D eigenvalue weighted by atomic mass is 16.2. The van der Waals surface area contributed by atoms with Gasteiger partial charge < -0.3 is 5.73 Å². The topological polar surface area (TPSA) is 67.5 Å². The van der Waals surface area contributed by atoms with Crippen LogP contribution in [0.4, 0.5) is 5.69 Å². The van der Waals surface area contributed by atoms with Crippen molar-refractivity contribution in [2.75, 3.05) is 5.73 Å². The van der Waals surface area contributed by atoms with E-state index in [0.717, 1.165) is 17.7 Å². The van der Waals surface area contributed by atoms with Crippen molar-refractivity contribution < 1.29 is 4.79 Å². The number of hydrogen-bond donors (Lipinski definition) is 2. The molecule has 0 aromatic heterocycles. The third-order valence-electron chi connectivity index (χ3n) is 2.91. The first kappa shape index (κ1) is 13.8. The summed E-state index contributed by atoms with van der Waals surface area (Å²) in [4.78, 5) is 11.9. The molecule has 0 spiro atoms. The van der Waals surface area contributed by atoms with Crippen LogP contribution in [0.2, 0.25) is 0 Å². The lowest BCUT2D eigenvalue weighted by Gasteiger charge is -2.05. The van der Waals surface area contributed by atoms with Crippen LogP contribution >= 0.6 is 0 Å². The molecular formula is C16H17N3O. The number of amides is 1. The van der Waals surface area contributed by atoms with Gasteiger partial charge in [-0.15, -0.1) is 0 Å². The summed E-state index contributed by atoms with van der Waals surface area (Å²) >= 11 is 0. The van der Waals surface area contributed by atoms with Gasteiger partial charge in [0.1, 0.15) is 0 Å². The van der Waals surface area contributed by atoms with Gasteiger partial charge in [-0.05, 0) is 36.2 Å².